The van der Waals surface area contributed by atoms with Crippen molar-refractivity contribution in [2.45, 2.75) is 110 Å². The Balaban J connectivity index is 1.50. The zero-order valence-electron chi connectivity index (χ0n) is 23.2. The molecule has 5 aliphatic rings. The fourth-order valence-electron chi connectivity index (χ4n) is 9.58. The number of allylic oxidation sites excluding steroid dienone is 1. The summed E-state index contributed by atoms with van der Waals surface area (Å²) >= 11 is 0. The molecule has 1 aromatic heterocycles. The van der Waals surface area contributed by atoms with Gasteiger partial charge in [-0.2, -0.15) is 0 Å². The van der Waals surface area contributed by atoms with Gasteiger partial charge in [0.2, 0.25) is 0 Å². The lowest BCUT2D eigenvalue weighted by Gasteiger charge is -2.62. The van der Waals surface area contributed by atoms with Crippen LogP contribution in [0.4, 0.5) is 0 Å². The van der Waals surface area contributed by atoms with E-state index >= 15 is 0 Å². The van der Waals surface area contributed by atoms with Crippen molar-refractivity contribution in [3.05, 3.63) is 35.3 Å². The van der Waals surface area contributed by atoms with Crippen LogP contribution in [-0.4, -0.2) is 35.7 Å². The molecule has 206 valence electrons. The second-order valence-electron chi connectivity index (χ2n) is 13.0. The van der Waals surface area contributed by atoms with Crippen LogP contribution in [0.25, 0.3) is 0 Å². The molecule has 1 aromatic rings. The van der Waals surface area contributed by atoms with E-state index in [1.165, 1.54) is 19.4 Å². The average Bonchev–Trinajstić information content (AvgIpc) is 3.51. The number of furan rings is 1. The standard InChI is InChI=1S/C31H40O7/c1-17-6-7-24(35-17)22-15-20-14-21(36-18(2)32)8-11-29(20,4)28-25(37-19(3)33)16-30(5)23(27(22)28)9-12-31(30)13-10-26(34)38-31/h6-7,15,21-23,25,27-28H,8-14,16H2,1-5H3/t21-,22-,23-,25+,27-,28?,29-,30-,31?/m0/s1. The van der Waals surface area contributed by atoms with Crippen molar-refractivity contribution in [3.8, 4) is 0 Å². The number of carbonyl (C=O) groups excluding carboxylic acids is 3. The molecule has 7 heteroatoms. The molecule has 2 heterocycles. The number of fused-ring (bicyclic) bond motifs is 6. The average molecular weight is 525 g/mol. The van der Waals surface area contributed by atoms with E-state index in [1.54, 1.807) is 0 Å². The van der Waals surface area contributed by atoms with Crippen LogP contribution in [0.5, 0.6) is 0 Å². The molecule has 1 spiro atoms. The molecule has 2 unspecified atom stereocenters. The number of hydrogen-bond donors (Lipinski definition) is 0. The predicted molar refractivity (Wildman–Crippen MR) is 138 cm³/mol. The van der Waals surface area contributed by atoms with Crippen molar-refractivity contribution in [2.24, 2.45) is 28.6 Å². The van der Waals surface area contributed by atoms with Crippen LogP contribution in [-0.2, 0) is 28.6 Å². The summed E-state index contributed by atoms with van der Waals surface area (Å²) in [6.45, 7) is 9.53. The highest BCUT2D eigenvalue weighted by atomic mass is 16.6. The summed E-state index contributed by atoms with van der Waals surface area (Å²) in [7, 11) is 0. The van der Waals surface area contributed by atoms with Crippen LogP contribution in [0.2, 0.25) is 0 Å². The molecule has 9 atom stereocenters. The summed E-state index contributed by atoms with van der Waals surface area (Å²) < 4.78 is 24.4. The minimum atomic E-state index is -0.500. The maximum absolute atomic E-state index is 12.5. The Bertz CT molecular complexity index is 1200. The number of rotatable bonds is 3. The zero-order valence-corrected chi connectivity index (χ0v) is 23.2. The van der Waals surface area contributed by atoms with Gasteiger partial charge in [-0.15, -0.1) is 0 Å². The Morgan fingerprint density at radius 2 is 1.79 bits per heavy atom. The molecule has 0 bridgehead atoms. The number of carbonyl (C=O) groups is 3. The Morgan fingerprint density at radius 3 is 2.42 bits per heavy atom. The first-order chi connectivity index (χ1) is 18.0. The SMILES string of the molecule is CC(=O)O[C@H]1CC[C@@]2(C)C(=C[C@@H](c3ccc(C)o3)[C@@H]3C2[C@H](OC(C)=O)C[C@@]2(C)[C@H]3CCC23CCC(=O)O3)C1. The van der Waals surface area contributed by atoms with Crippen molar-refractivity contribution < 1.29 is 33.0 Å². The van der Waals surface area contributed by atoms with Gasteiger partial charge in [-0.05, 0) is 74.8 Å². The lowest BCUT2D eigenvalue weighted by Crippen LogP contribution is -2.61. The first kappa shape index (κ1) is 25.7. The van der Waals surface area contributed by atoms with Gasteiger partial charge < -0.3 is 18.6 Å². The Morgan fingerprint density at radius 1 is 1.03 bits per heavy atom. The molecule has 4 aliphatic carbocycles. The minimum Gasteiger partial charge on any atom is -0.466 e. The van der Waals surface area contributed by atoms with E-state index < -0.39 is 5.60 Å². The van der Waals surface area contributed by atoms with Crippen molar-refractivity contribution in [3.63, 3.8) is 0 Å². The highest BCUT2D eigenvalue weighted by Crippen LogP contribution is 2.71. The molecule has 1 aliphatic heterocycles. The molecule has 7 nitrogen and oxygen atoms in total. The lowest BCUT2D eigenvalue weighted by molar-refractivity contribution is -0.198. The van der Waals surface area contributed by atoms with Crippen LogP contribution in [0.1, 0.15) is 96.5 Å². The van der Waals surface area contributed by atoms with Gasteiger partial charge in [-0.25, -0.2) is 0 Å². The summed E-state index contributed by atoms with van der Waals surface area (Å²) in [5.41, 5.74) is 0.288. The van der Waals surface area contributed by atoms with Gasteiger partial charge in [0, 0.05) is 43.9 Å². The first-order valence-electron chi connectivity index (χ1n) is 14.3. The predicted octanol–water partition coefficient (Wildman–Crippen LogP) is 5.79. The first-order valence-corrected chi connectivity index (χ1v) is 14.3. The van der Waals surface area contributed by atoms with Gasteiger partial charge in [0.25, 0.3) is 0 Å². The van der Waals surface area contributed by atoms with Gasteiger partial charge in [-0.1, -0.05) is 25.5 Å². The van der Waals surface area contributed by atoms with Crippen molar-refractivity contribution in [1.82, 2.24) is 0 Å². The molecule has 4 fully saturated rings. The second kappa shape index (κ2) is 8.72. The molecular formula is C31H40O7. The topological polar surface area (TPSA) is 92.0 Å². The Hall–Kier alpha value is -2.57. The smallest absolute Gasteiger partial charge is 0.306 e. The molecule has 0 radical (unpaired) electrons. The third kappa shape index (κ3) is 3.70. The van der Waals surface area contributed by atoms with Crippen LogP contribution >= 0.6 is 0 Å². The summed E-state index contributed by atoms with van der Waals surface area (Å²) in [6, 6.07) is 4.09. The second-order valence-corrected chi connectivity index (χ2v) is 13.0. The fraction of sp³-hybridized carbons (Fsp3) is 0.710. The molecule has 38 heavy (non-hydrogen) atoms. The fourth-order valence-corrected chi connectivity index (χ4v) is 9.58. The number of ether oxygens (including phenoxy) is 3. The van der Waals surface area contributed by atoms with Crippen molar-refractivity contribution in [1.29, 1.82) is 0 Å². The number of aryl methyl sites for hydroxylation is 1. The minimum absolute atomic E-state index is 0.00258. The molecule has 0 amide bonds. The number of hydrogen-bond acceptors (Lipinski definition) is 7. The molecule has 6 rings (SSSR count). The maximum Gasteiger partial charge on any atom is 0.306 e. The lowest BCUT2D eigenvalue weighted by atomic mass is 9.44. The molecule has 1 saturated heterocycles. The van der Waals surface area contributed by atoms with E-state index in [4.69, 9.17) is 18.6 Å². The Kier molecular flexibility index (Phi) is 5.90. The zero-order chi connectivity index (χ0) is 27.0. The number of esters is 3. The van der Waals surface area contributed by atoms with Gasteiger partial charge >= 0.3 is 17.9 Å². The highest BCUT2D eigenvalue weighted by Gasteiger charge is 2.71. The van der Waals surface area contributed by atoms with E-state index in [0.29, 0.717) is 25.2 Å². The highest BCUT2D eigenvalue weighted by molar-refractivity contribution is 5.72. The summed E-state index contributed by atoms with van der Waals surface area (Å²) in [5, 5.41) is 0. The van der Waals surface area contributed by atoms with Crippen molar-refractivity contribution >= 4 is 17.9 Å². The summed E-state index contributed by atoms with van der Waals surface area (Å²) in [5.74, 6) is 1.71. The van der Waals surface area contributed by atoms with Crippen LogP contribution in [0, 0.1) is 35.5 Å². The van der Waals surface area contributed by atoms with E-state index in [0.717, 1.165) is 43.6 Å². The van der Waals surface area contributed by atoms with E-state index in [9.17, 15) is 14.4 Å². The van der Waals surface area contributed by atoms with E-state index in [2.05, 4.69) is 26.0 Å². The van der Waals surface area contributed by atoms with E-state index in [1.807, 2.05) is 13.0 Å². The molecule has 3 saturated carbocycles. The molecule has 0 N–H and O–H groups in total. The van der Waals surface area contributed by atoms with Crippen LogP contribution in [0.15, 0.2) is 28.2 Å². The third-order valence-electron chi connectivity index (χ3n) is 11.1. The maximum atomic E-state index is 12.5. The normalized spacial score (nSPS) is 43.5. The van der Waals surface area contributed by atoms with Gasteiger partial charge in [0.1, 0.15) is 29.3 Å². The quantitative estimate of drug-likeness (QED) is 0.281. The summed E-state index contributed by atoms with van der Waals surface area (Å²) in [4.78, 5) is 36.8. The third-order valence-corrected chi connectivity index (χ3v) is 11.1. The molecule has 0 aromatic carbocycles. The summed E-state index contributed by atoms with van der Waals surface area (Å²) in [6.07, 6.45) is 7.98. The largest absolute Gasteiger partial charge is 0.466 e. The van der Waals surface area contributed by atoms with Crippen LogP contribution in [0.3, 0.4) is 0 Å². The monoisotopic (exact) mass is 524 g/mol. The van der Waals surface area contributed by atoms with Gasteiger partial charge in [0.15, 0.2) is 0 Å². The van der Waals surface area contributed by atoms with Gasteiger partial charge in [-0.3, -0.25) is 14.4 Å². The Labute approximate surface area is 224 Å². The van der Waals surface area contributed by atoms with Gasteiger partial charge in [0.05, 0.1) is 0 Å². The van der Waals surface area contributed by atoms with Crippen LogP contribution < -0.4 is 0 Å². The van der Waals surface area contributed by atoms with Crippen molar-refractivity contribution in [2.75, 3.05) is 0 Å². The van der Waals surface area contributed by atoms with E-state index in [-0.39, 0.29) is 58.7 Å². The molecular weight excluding hydrogens is 484 g/mol.